The van der Waals surface area contributed by atoms with E-state index in [9.17, 15) is 4.79 Å². The fourth-order valence-electron chi connectivity index (χ4n) is 4.38. The van der Waals surface area contributed by atoms with E-state index in [-0.39, 0.29) is 5.78 Å². The number of rotatable bonds is 3. The summed E-state index contributed by atoms with van der Waals surface area (Å²) in [6, 6.07) is 16.5. The van der Waals surface area contributed by atoms with Crippen molar-refractivity contribution in [3.8, 4) is 22.5 Å². The van der Waals surface area contributed by atoms with Gasteiger partial charge in [-0.25, -0.2) is 0 Å². The topological polar surface area (TPSA) is 42.2 Å². The van der Waals surface area contributed by atoms with E-state index in [0.29, 0.717) is 17.4 Å². The van der Waals surface area contributed by atoms with E-state index in [1.165, 1.54) is 24.8 Å². The van der Waals surface area contributed by atoms with Crippen LogP contribution in [0.5, 0.6) is 0 Å². The largest absolute Gasteiger partial charge is 0.439 e. The number of carbonyl (C=O) groups is 1. The molecular formula is C24H23NO2. The number of hydrogen-bond acceptors (Lipinski definition) is 3. The second kappa shape index (κ2) is 6.41. The Hall–Kier alpha value is -2.81. The van der Waals surface area contributed by atoms with Crippen LogP contribution in [0.3, 0.4) is 0 Å². The molecule has 0 spiro atoms. The van der Waals surface area contributed by atoms with Gasteiger partial charge in [-0.05, 0) is 25.3 Å². The molecule has 1 fully saturated rings. The maximum Gasteiger partial charge on any atom is 0.202 e. The van der Waals surface area contributed by atoms with Gasteiger partial charge in [-0.3, -0.25) is 4.79 Å². The Balaban J connectivity index is 1.66. The van der Waals surface area contributed by atoms with Crippen LogP contribution in [0.2, 0.25) is 0 Å². The summed E-state index contributed by atoms with van der Waals surface area (Å²) < 4.78 is 6.31. The second-order valence-electron chi connectivity index (χ2n) is 7.73. The van der Waals surface area contributed by atoms with E-state index in [1.807, 2.05) is 36.4 Å². The lowest BCUT2D eigenvalue weighted by Crippen LogP contribution is -2.22. The quantitative estimate of drug-likeness (QED) is 0.474. The average molecular weight is 357 g/mol. The van der Waals surface area contributed by atoms with Gasteiger partial charge in [-0.1, -0.05) is 73.4 Å². The monoisotopic (exact) mass is 357 g/mol. The molecule has 0 radical (unpaired) electrons. The van der Waals surface area contributed by atoms with Crippen molar-refractivity contribution in [2.45, 2.75) is 45.1 Å². The molecule has 1 saturated carbocycles. The van der Waals surface area contributed by atoms with Gasteiger partial charge in [0.05, 0.1) is 11.1 Å². The lowest BCUT2D eigenvalue weighted by molar-refractivity contribution is 0.104. The Kier molecular flexibility index (Phi) is 3.89. The maximum atomic E-state index is 13.2. The van der Waals surface area contributed by atoms with Crippen LogP contribution in [-0.4, -0.2) is 11.8 Å². The molecule has 0 aliphatic heterocycles. The molecule has 0 bridgehead atoms. The van der Waals surface area contributed by atoms with Gasteiger partial charge in [0.2, 0.25) is 5.88 Å². The molecule has 2 aliphatic rings. The van der Waals surface area contributed by atoms with Gasteiger partial charge in [-0.2, -0.15) is 0 Å². The van der Waals surface area contributed by atoms with E-state index in [2.05, 4.69) is 24.4 Å². The highest BCUT2D eigenvalue weighted by atomic mass is 16.4. The van der Waals surface area contributed by atoms with Crippen LogP contribution in [0.4, 0.5) is 5.88 Å². The molecule has 1 heterocycles. The van der Waals surface area contributed by atoms with Crippen molar-refractivity contribution in [3.05, 3.63) is 65.2 Å². The van der Waals surface area contributed by atoms with Gasteiger partial charge in [0, 0.05) is 17.2 Å². The molecule has 27 heavy (non-hydrogen) atoms. The molecule has 1 N–H and O–H groups in total. The van der Waals surface area contributed by atoms with Gasteiger partial charge in [0.1, 0.15) is 5.76 Å². The minimum Gasteiger partial charge on any atom is -0.439 e. The molecule has 2 aromatic carbocycles. The molecule has 3 aromatic rings. The van der Waals surface area contributed by atoms with Crippen LogP contribution in [-0.2, 0) is 0 Å². The highest BCUT2D eigenvalue weighted by molar-refractivity contribution is 6.26. The molecule has 0 atom stereocenters. The number of anilines is 1. The number of benzene rings is 2. The first-order valence-corrected chi connectivity index (χ1v) is 9.87. The van der Waals surface area contributed by atoms with E-state index in [1.54, 1.807) is 0 Å². The third kappa shape index (κ3) is 2.69. The molecule has 5 rings (SSSR count). The predicted octanol–water partition coefficient (Wildman–Crippen LogP) is 6.21. The van der Waals surface area contributed by atoms with Crippen molar-refractivity contribution in [2.75, 3.05) is 5.32 Å². The van der Waals surface area contributed by atoms with Crippen LogP contribution in [0.25, 0.3) is 22.5 Å². The minimum atomic E-state index is 0.0663. The highest BCUT2D eigenvalue weighted by Crippen LogP contribution is 2.48. The molecule has 136 valence electrons. The van der Waals surface area contributed by atoms with Crippen LogP contribution in [0, 0.1) is 6.92 Å². The Labute approximate surface area is 159 Å². The van der Waals surface area contributed by atoms with Crippen molar-refractivity contribution >= 4 is 11.7 Å². The predicted molar refractivity (Wildman–Crippen MR) is 108 cm³/mol. The van der Waals surface area contributed by atoms with Crippen molar-refractivity contribution < 1.29 is 9.21 Å². The van der Waals surface area contributed by atoms with Gasteiger partial charge < -0.3 is 9.73 Å². The summed E-state index contributed by atoms with van der Waals surface area (Å²) in [7, 11) is 0. The highest BCUT2D eigenvalue weighted by Gasteiger charge is 2.36. The molecular weight excluding hydrogens is 334 g/mol. The summed E-state index contributed by atoms with van der Waals surface area (Å²) >= 11 is 0. The number of aryl methyl sites for hydroxylation is 1. The van der Waals surface area contributed by atoms with Crippen LogP contribution in [0.15, 0.2) is 52.9 Å². The first kappa shape index (κ1) is 16.4. The molecule has 3 heteroatoms. The zero-order valence-electron chi connectivity index (χ0n) is 15.5. The molecule has 1 aromatic heterocycles. The van der Waals surface area contributed by atoms with Crippen molar-refractivity contribution in [1.82, 2.24) is 0 Å². The standard InChI is InChI=1S/C24H23NO2/c1-15-11-13-16(14-12-15)23-21-20(18-9-5-6-10-19(18)22(21)26)24(27-23)25-17-7-3-2-4-8-17/h5-6,9-14,17,25H,2-4,7-8H2,1H3. The fourth-order valence-corrected chi connectivity index (χ4v) is 4.38. The Morgan fingerprint density at radius 3 is 2.33 bits per heavy atom. The normalized spacial score (nSPS) is 16.3. The second-order valence-corrected chi connectivity index (χ2v) is 7.73. The lowest BCUT2D eigenvalue weighted by atomic mass is 9.95. The molecule has 0 unspecified atom stereocenters. The molecule has 0 amide bonds. The van der Waals surface area contributed by atoms with Gasteiger partial charge in [0.15, 0.2) is 5.78 Å². The van der Waals surface area contributed by atoms with Crippen molar-refractivity contribution in [2.24, 2.45) is 0 Å². The smallest absolute Gasteiger partial charge is 0.202 e. The summed E-state index contributed by atoms with van der Waals surface area (Å²) in [6.07, 6.45) is 6.13. The number of carbonyl (C=O) groups excluding carboxylic acids is 1. The Bertz CT molecular complexity index is 1010. The van der Waals surface area contributed by atoms with Gasteiger partial charge >= 0.3 is 0 Å². The van der Waals surface area contributed by atoms with Gasteiger partial charge in [-0.15, -0.1) is 0 Å². The Morgan fingerprint density at radius 1 is 0.889 bits per heavy atom. The fraction of sp³-hybridized carbons (Fsp3) is 0.292. The third-order valence-corrected chi connectivity index (χ3v) is 5.83. The Morgan fingerprint density at radius 2 is 1.59 bits per heavy atom. The first-order chi connectivity index (χ1) is 13.2. The summed E-state index contributed by atoms with van der Waals surface area (Å²) in [6.45, 7) is 2.06. The van der Waals surface area contributed by atoms with Crippen molar-refractivity contribution in [3.63, 3.8) is 0 Å². The summed E-state index contributed by atoms with van der Waals surface area (Å²) in [5.41, 5.74) is 5.55. The summed E-state index contributed by atoms with van der Waals surface area (Å²) in [5.74, 6) is 1.51. The summed E-state index contributed by atoms with van der Waals surface area (Å²) in [5, 5.41) is 3.63. The number of nitrogens with one attached hydrogen (secondary N) is 1. The van der Waals surface area contributed by atoms with E-state index in [0.717, 1.165) is 41.0 Å². The zero-order chi connectivity index (χ0) is 18.4. The first-order valence-electron chi connectivity index (χ1n) is 9.87. The summed E-state index contributed by atoms with van der Waals surface area (Å²) in [4.78, 5) is 13.2. The van der Waals surface area contributed by atoms with Crippen LogP contribution < -0.4 is 5.32 Å². The SMILES string of the molecule is Cc1ccc(-c2oc(NC3CCCCC3)c3c2C(=O)c2ccccc2-3)cc1. The average Bonchev–Trinajstić information content (AvgIpc) is 3.21. The maximum absolute atomic E-state index is 13.2. The number of furan rings is 1. The molecule has 2 aliphatic carbocycles. The lowest BCUT2D eigenvalue weighted by Gasteiger charge is -2.23. The van der Waals surface area contributed by atoms with Gasteiger partial charge in [0.25, 0.3) is 0 Å². The van der Waals surface area contributed by atoms with Crippen molar-refractivity contribution in [1.29, 1.82) is 0 Å². The number of ketones is 1. The van der Waals surface area contributed by atoms with E-state index >= 15 is 0 Å². The van der Waals surface area contributed by atoms with E-state index < -0.39 is 0 Å². The number of fused-ring (bicyclic) bond motifs is 3. The minimum absolute atomic E-state index is 0.0663. The number of hydrogen-bond donors (Lipinski definition) is 1. The molecule has 0 saturated heterocycles. The molecule has 3 nitrogen and oxygen atoms in total. The van der Waals surface area contributed by atoms with Crippen LogP contribution in [0.1, 0.15) is 53.6 Å². The van der Waals surface area contributed by atoms with E-state index in [4.69, 9.17) is 4.42 Å². The van der Waals surface area contributed by atoms with Crippen LogP contribution >= 0.6 is 0 Å². The zero-order valence-corrected chi connectivity index (χ0v) is 15.5. The third-order valence-electron chi connectivity index (χ3n) is 5.83.